The van der Waals surface area contributed by atoms with Gasteiger partial charge < -0.3 is 10.0 Å². The smallest absolute Gasteiger partial charge is 0.323 e. The summed E-state index contributed by atoms with van der Waals surface area (Å²) < 4.78 is 0. The molecule has 0 bridgehead atoms. The van der Waals surface area contributed by atoms with Gasteiger partial charge in [-0.1, -0.05) is 17.7 Å². The highest BCUT2D eigenvalue weighted by atomic mass is 16.4. The molecule has 4 nitrogen and oxygen atoms in total. The Bertz CT molecular complexity index is 454. The Morgan fingerprint density at radius 2 is 2.25 bits per heavy atom. The summed E-state index contributed by atoms with van der Waals surface area (Å²) in [6.45, 7) is 2.19. The van der Waals surface area contributed by atoms with E-state index in [4.69, 9.17) is 5.11 Å². The summed E-state index contributed by atoms with van der Waals surface area (Å²) >= 11 is 0. The molecule has 0 radical (unpaired) electrons. The summed E-state index contributed by atoms with van der Waals surface area (Å²) in [6.07, 6.45) is 0.731. The van der Waals surface area contributed by atoms with Crippen molar-refractivity contribution in [2.45, 2.75) is 13.3 Å². The second kappa shape index (κ2) is 3.96. The molecule has 1 N–H and O–H groups in total. The fourth-order valence-corrected chi connectivity index (χ4v) is 1.95. The standard InChI is InChI=1S/C12H13NO3/c1-8-2-3-9-4-5-13(7-11(14)15)12(16)10(9)6-8/h2-3,6H,4-5,7H2,1H3,(H,14,15). The number of hydrogen-bond donors (Lipinski definition) is 1. The van der Waals surface area contributed by atoms with Gasteiger partial charge in [0.1, 0.15) is 6.54 Å². The van der Waals surface area contributed by atoms with Crippen LogP contribution in [-0.2, 0) is 11.2 Å². The second-order valence-electron chi connectivity index (χ2n) is 4.03. The van der Waals surface area contributed by atoms with Crippen molar-refractivity contribution in [3.8, 4) is 0 Å². The first-order valence-corrected chi connectivity index (χ1v) is 5.18. The third-order valence-corrected chi connectivity index (χ3v) is 2.76. The van der Waals surface area contributed by atoms with Crippen molar-refractivity contribution in [2.75, 3.05) is 13.1 Å². The third-order valence-electron chi connectivity index (χ3n) is 2.76. The first-order valence-electron chi connectivity index (χ1n) is 5.18. The first-order chi connectivity index (χ1) is 7.58. The molecular weight excluding hydrogens is 206 g/mol. The van der Waals surface area contributed by atoms with E-state index >= 15 is 0 Å². The predicted octanol–water partition coefficient (Wildman–Crippen LogP) is 1.08. The summed E-state index contributed by atoms with van der Waals surface area (Å²) in [5, 5.41) is 8.69. The molecule has 0 atom stereocenters. The van der Waals surface area contributed by atoms with E-state index in [2.05, 4.69) is 0 Å². The van der Waals surface area contributed by atoms with Gasteiger partial charge in [-0.3, -0.25) is 9.59 Å². The maximum Gasteiger partial charge on any atom is 0.323 e. The molecule has 0 fully saturated rings. The average Bonchev–Trinajstić information content (AvgIpc) is 2.22. The summed E-state index contributed by atoms with van der Waals surface area (Å²) in [6, 6.07) is 5.74. The van der Waals surface area contributed by atoms with Crippen LogP contribution in [0.4, 0.5) is 0 Å². The molecule has 0 unspecified atom stereocenters. The van der Waals surface area contributed by atoms with Crippen molar-refractivity contribution in [2.24, 2.45) is 0 Å². The normalized spacial score (nSPS) is 14.8. The molecule has 1 aromatic rings. The van der Waals surface area contributed by atoms with Crippen LogP contribution in [0.2, 0.25) is 0 Å². The number of rotatable bonds is 2. The summed E-state index contributed by atoms with van der Waals surface area (Å²) in [7, 11) is 0. The molecule has 1 aliphatic rings. The van der Waals surface area contributed by atoms with Crippen molar-refractivity contribution in [1.82, 2.24) is 4.90 Å². The number of amides is 1. The van der Waals surface area contributed by atoms with Gasteiger partial charge in [0.15, 0.2) is 0 Å². The molecule has 0 saturated heterocycles. The number of hydrogen-bond acceptors (Lipinski definition) is 2. The Hall–Kier alpha value is -1.84. The number of nitrogens with zero attached hydrogens (tertiary/aromatic N) is 1. The molecular formula is C12H13NO3. The van der Waals surface area contributed by atoms with Crippen LogP contribution in [-0.4, -0.2) is 35.0 Å². The van der Waals surface area contributed by atoms with Crippen LogP contribution in [0.3, 0.4) is 0 Å². The SMILES string of the molecule is Cc1ccc2c(c1)C(=O)N(CC(=O)O)CC2. The van der Waals surface area contributed by atoms with Crippen molar-refractivity contribution in [3.05, 3.63) is 34.9 Å². The van der Waals surface area contributed by atoms with E-state index in [0.29, 0.717) is 12.1 Å². The Morgan fingerprint density at radius 3 is 2.94 bits per heavy atom. The van der Waals surface area contributed by atoms with Crippen LogP contribution in [0.5, 0.6) is 0 Å². The van der Waals surface area contributed by atoms with Gasteiger partial charge in [-0.25, -0.2) is 0 Å². The van der Waals surface area contributed by atoms with E-state index in [0.717, 1.165) is 17.5 Å². The molecule has 0 aromatic heterocycles. The number of carbonyl (C=O) groups excluding carboxylic acids is 1. The Balaban J connectivity index is 2.30. The average molecular weight is 219 g/mol. The van der Waals surface area contributed by atoms with E-state index in [9.17, 15) is 9.59 Å². The second-order valence-corrected chi connectivity index (χ2v) is 4.03. The number of aryl methyl sites for hydroxylation is 1. The molecule has 1 heterocycles. The quantitative estimate of drug-likeness (QED) is 0.809. The van der Waals surface area contributed by atoms with Crippen molar-refractivity contribution in [3.63, 3.8) is 0 Å². The highest BCUT2D eigenvalue weighted by Gasteiger charge is 2.25. The van der Waals surface area contributed by atoms with Gasteiger partial charge in [-0.2, -0.15) is 0 Å². The van der Waals surface area contributed by atoms with Gasteiger partial charge in [0.05, 0.1) is 0 Å². The van der Waals surface area contributed by atoms with E-state index in [1.54, 1.807) is 0 Å². The van der Waals surface area contributed by atoms with Gasteiger partial charge in [0.2, 0.25) is 0 Å². The Labute approximate surface area is 93.5 Å². The predicted molar refractivity (Wildman–Crippen MR) is 58.4 cm³/mol. The molecule has 0 aliphatic carbocycles. The summed E-state index contributed by atoms with van der Waals surface area (Å²) in [5.74, 6) is -1.14. The lowest BCUT2D eigenvalue weighted by atomic mass is 9.97. The molecule has 1 aliphatic heterocycles. The third kappa shape index (κ3) is 1.91. The molecule has 16 heavy (non-hydrogen) atoms. The number of fused-ring (bicyclic) bond motifs is 1. The van der Waals surface area contributed by atoms with Gasteiger partial charge in [-0.15, -0.1) is 0 Å². The number of benzene rings is 1. The molecule has 1 aromatic carbocycles. The van der Waals surface area contributed by atoms with Gasteiger partial charge in [0.25, 0.3) is 5.91 Å². The summed E-state index contributed by atoms with van der Waals surface area (Å²) in [4.78, 5) is 23.9. The molecule has 4 heteroatoms. The largest absolute Gasteiger partial charge is 0.480 e. The van der Waals surface area contributed by atoms with Crippen LogP contribution in [0.15, 0.2) is 18.2 Å². The number of carboxylic acids is 1. The number of aliphatic carboxylic acids is 1. The Kier molecular flexibility index (Phi) is 2.64. The van der Waals surface area contributed by atoms with Crippen LogP contribution in [0, 0.1) is 6.92 Å². The lowest BCUT2D eigenvalue weighted by Crippen LogP contribution is -2.40. The molecule has 2 rings (SSSR count). The van der Waals surface area contributed by atoms with Crippen LogP contribution in [0.1, 0.15) is 21.5 Å². The van der Waals surface area contributed by atoms with Crippen molar-refractivity contribution >= 4 is 11.9 Å². The lowest BCUT2D eigenvalue weighted by Gasteiger charge is -2.27. The minimum absolute atomic E-state index is 0.174. The van der Waals surface area contributed by atoms with Gasteiger partial charge >= 0.3 is 5.97 Å². The van der Waals surface area contributed by atoms with Crippen molar-refractivity contribution < 1.29 is 14.7 Å². The van der Waals surface area contributed by atoms with E-state index in [1.165, 1.54) is 4.90 Å². The van der Waals surface area contributed by atoms with E-state index in [-0.39, 0.29) is 12.5 Å². The molecule has 0 saturated carbocycles. The minimum atomic E-state index is -0.968. The fourth-order valence-electron chi connectivity index (χ4n) is 1.95. The highest BCUT2D eigenvalue weighted by Crippen LogP contribution is 2.19. The molecule has 0 spiro atoms. The zero-order valence-corrected chi connectivity index (χ0v) is 9.06. The minimum Gasteiger partial charge on any atom is -0.480 e. The van der Waals surface area contributed by atoms with Crippen LogP contribution >= 0.6 is 0 Å². The fraction of sp³-hybridized carbons (Fsp3) is 0.333. The van der Waals surface area contributed by atoms with Crippen molar-refractivity contribution in [1.29, 1.82) is 0 Å². The Morgan fingerprint density at radius 1 is 1.50 bits per heavy atom. The maximum atomic E-state index is 12.0. The van der Waals surface area contributed by atoms with Gasteiger partial charge in [-0.05, 0) is 25.0 Å². The molecule has 1 amide bonds. The molecule has 84 valence electrons. The zero-order chi connectivity index (χ0) is 11.7. The number of carboxylic acid groups (broad SMARTS) is 1. The lowest BCUT2D eigenvalue weighted by molar-refractivity contribution is -0.137. The topological polar surface area (TPSA) is 57.6 Å². The van der Waals surface area contributed by atoms with E-state index < -0.39 is 5.97 Å². The maximum absolute atomic E-state index is 12.0. The van der Waals surface area contributed by atoms with Gasteiger partial charge in [0, 0.05) is 12.1 Å². The highest BCUT2D eigenvalue weighted by molar-refractivity contribution is 5.98. The zero-order valence-electron chi connectivity index (χ0n) is 9.06. The van der Waals surface area contributed by atoms with Crippen LogP contribution in [0.25, 0.3) is 0 Å². The van der Waals surface area contributed by atoms with E-state index in [1.807, 2.05) is 25.1 Å². The van der Waals surface area contributed by atoms with Crippen LogP contribution < -0.4 is 0 Å². The monoisotopic (exact) mass is 219 g/mol. The first kappa shape index (κ1) is 10.7. The summed E-state index contributed by atoms with van der Waals surface area (Å²) in [5.41, 5.74) is 2.68. The number of carbonyl (C=O) groups is 2.